The number of hydrogen-bond acceptors (Lipinski definition) is 3. The maximum atomic E-state index is 5.80. The van der Waals surface area contributed by atoms with Crippen LogP contribution in [0.4, 0.5) is 0 Å². The molecule has 0 bridgehead atoms. The number of benzene rings is 1. The number of nitrogens with two attached hydrogens (primary N) is 1. The normalized spacial score (nSPS) is 33.8. The molecule has 3 aliphatic rings. The number of fused-ring (bicyclic) bond motifs is 1. The molecule has 1 aromatic carbocycles. The molecule has 19 heavy (non-hydrogen) atoms. The van der Waals surface area contributed by atoms with Crippen molar-refractivity contribution in [3.05, 3.63) is 29.8 Å². The zero-order valence-electron chi connectivity index (χ0n) is 11.2. The lowest BCUT2D eigenvalue weighted by atomic mass is 9.97. The van der Waals surface area contributed by atoms with Gasteiger partial charge in [0, 0.05) is 6.04 Å². The van der Waals surface area contributed by atoms with Crippen LogP contribution >= 0.6 is 0 Å². The lowest BCUT2D eigenvalue weighted by Crippen LogP contribution is -2.30. The predicted octanol–water partition coefficient (Wildman–Crippen LogP) is 2.78. The van der Waals surface area contributed by atoms with Gasteiger partial charge in [0.05, 0.1) is 6.10 Å². The van der Waals surface area contributed by atoms with Gasteiger partial charge in [-0.3, -0.25) is 11.3 Å². The highest BCUT2D eigenvalue weighted by Crippen LogP contribution is 2.62. The molecule has 3 aliphatic carbocycles. The SMILES string of the molecule is NNC(c1ccc(OC2CC2)cc1)C1C2CCCC21. The van der Waals surface area contributed by atoms with Crippen LogP contribution in [0.3, 0.4) is 0 Å². The van der Waals surface area contributed by atoms with Crippen molar-refractivity contribution >= 4 is 0 Å². The molecular formula is C16H22N2O. The molecule has 0 saturated heterocycles. The number of nitrogens with one attached hydrogen (secondary N) is 1. The highest BCUT2D eigenvalue weighted by Gasteiger charge is 2.55. The van der Waals surface area contributed by atoms with E-state index >= 15 is 0 Å². The lowest BCUT2D eigenvalue weighted by Gasteiger charge is -2.18. The van der Waals surface area contributed by atoms with Crippen molar-refractivity contribution in [3.8, 4) is 5.75 Å². The summed E-state index contributed by atoms with van der Waals surface area (Å²) in [4.78, 5) is 0. The first-order valence-electron chi connectivity index (χ1n) is 7.59. The Morgan fingerprint density at radius 1 is 1.05 bits per heavy atom. The van der Waals surface area contributed by atoms with Gasteiger partial charge in [-0.2, -0.15) is 0 Å². The van der Waals surface area contributed by atoms with E-state index in [4.69, 9.17) is 10.6 Å². The van der Waals surface area contributed by atoms with Crippen molar-refractivity contribution in [3.63, 3.8) is 0 Å². The van der Waals surface area contributed by atoms with E-state index in [1.807, 2.05) is 0 Å². The molecule has 0 spiro atoms. The second-order valence-electron chi connectivity index (χ2n) is 6.37. The van der Waals surface area contributed by atoms with Gasteiger partial charge < -0.3 is 4.74 Å². The van der Waals surface area contributed by atoms with Gasteiger partial charge in [-0.15, -0.1) is 0 Å². The molecule has 3 heteroatoms. The van der Waals surface area contributed by atoms with Gasteiger partial charge in [0.25, 0.3) is 0 Å². The van der Waals surface area contributed by atoms with Crippen molar-refractivity contribution < 1.29 is 4.74 Å². The Morgan fingerprint density at radius 2 is 1.74 bits per heavy atom. The standard InChI is InChI=1S/C16H22N2O/c17-18-16(15-13-2-1-3-14(13)15)10-4-6-11(7-5-10)19-12-8-9-12/h4-7,12-16,18H,1-3,8-9,17H2. The molecule has 0 heterocycles. The second kappa shape index (κ2) is 4.50. The quantitative estimate of drug-likeness (QED) is 0.630. The van der Waals surface area contributed by atoms with Crippen molar-refractivity contribution in [1.29, 1.82) is 0 Å². The molecular weight excluding hydrogens is 236 g/mol. The van der Waals surface area contributed by atoms with Crippen LogP contribution in [0.15, 0.2) is 24.3 Å². The molecule has 3 N–H and O–H groups in total. The van der Waals surface area contributed by atoms with Crippen LogP contribution in [0.2, 0.25) is 0 Å². The highest BCUT2D eigenvalue weighted by atomic mass is 16.5. The third-order valence-electron chi connectivity index (χ3n) is 5.10. The van der Waals surface area contributed by atoms with Gasteiger partial charge in [0.2, 0.25) is 0 Å². The van der Waals surface area contributed by atoms with Crippen LogP contribution in [-0.2, 0) is 0 Å². The fourth-order valence-corrected chi connectivity index (χ4v) is 3.93. The largest absolute Gasteiger partial charge is 0.490 e. The molecule has 3 atom stereocenters. The Morgan fingerprint density at radius 3 is 2.32 bits per heavy atom. The topological polar surface area (TPSA) is 47.3 Å². The number of hydrazine groups is 1. The molecule has 3 saturated carbocycles. The summed E-state index contributed by atoms with van der Waals surface area (Å²) in [7, 11) is 0. The summed E-state index contributed by atoms with van der Waals surface area (Å²) in [6.07, 6.45) is 7.10. The molecule has 0 amide bonds. The molecule has 3 nitrogen and oxygen atoms in total. The summed E-state index contributed by atoms with van der Waals surface area (Å²) in [5.41, 5.74) is 4.35. The van der Waals surface area contributed by atoms with Crippen LogP contribution in [0, 0.1) is 17.8 Å². The first-order chi connectivity index (χ1) is 9.36. The van der Waals surface area contributed by atoms with Crippen LogP contribution in [0.1, 0.15) is 43.7 Å². The van der Waals surface area contributed by atoms with E-state index in [0.717, 1.165) is 23.5 Å². The number of rotatable bonds is 5. The van der Waals surface area contributed by atoms with E-state index < -0.39 is 0 Å². The van der Waals surface area contributed by atoms with E-state index in [1.165, 1.54) is 37.7 Å². The zero-order chi connectivity index (χ0) is 12.8. The molecule has 0 aliphatic heterocycles. The Bertz CT molecular complexity index is 444. The summed E-state index contributed by atoms with van der Waals surface area (Å²) in [6.45, 7) is 0. The minimum Gasteiger partial charge on any atom is -0.490 e. The van der Waals surface area contributed by atoms with E-state index in [9.17, 15) is 0 Å². The van der Waals surface area contributed by atoms with Crippen molar-refractivity contribution in [2.24, 2.45) is 23.6 Å². The predicted molar refractivity (Wildman–Crippen MR) is 74.5 cm³/mol. The smallest absolute Gasteiger partial charge is 0.119 e. The van der Waals surface area contributed by atoms with Gasteiger partial charge in [-0.1, -0.05) is 18.6 Å². The molecule has 102 valence electrons. The molecule has 0 aromatic heterocycles. The Balaban J connectivity index is 1.47. The van der Waals surface area contributed by atoms with Gasteiger partial charge >= 0.3 is 0 Å². The summed E-state index contributed by atoms with van der Waals surface area (Å²) < 4.78 is 5.79. The first kappa shape index (κ1) is 11.7. The Hall–Kier alpha value is -1.06. The first-order valence-corrected chi connectivity index (χ1v) is 7.59. The summed E-state index contributed by atoms with van der Waals surface area (Å²) >= 11 is 0. The van der Waals surface area contributed by atoms with Gasteiger partial charge in [-0.25, -0.2) is 0 Å². The molecule has 0 radical (unpaired) electrons. The molecule has 1 aromatic rings. The van der Waals surface area contributed by atoms with E-state index in [2.05, 4.69) is 29.7 Å². The monoisotopic (exact) mass is 258 g/mol. The zero-order valence-corrected chi connectivity index (χ0v) is 11.2. The number of ether oxygens (including phenoxy) is 1. The van der Waals surface area contributed by atoms with Gasteiger partial charge in [0.1, 0.15) is 5.75 Å². The second-order valence-corrected chi connectivity index (χ2v) is 6.37. The average molecular weight is 258 g/mol. The van der Waals surface area contributed by atoms with Gasteiger partial charge in [-0.05, 0) is 61.1 Å². The summed E-state index contributed by atoms with van der Waals surface area (Å²) in [5, 5.41) is 0. The van der Waals surface area contributed by atoms with Crippen LogP contribution in [0.25, 0.3) is 0 Å². The number of hydrogen-bond donors (Lipinski definition) is 2. The fourth-order valence-electron chi connectivity index (χ4n) is 3.93. The van der Waals surface area contributed by atoms with Crippen LogP contribution in [0.5, 0.6) is 5.75 Å². The minimum absolute atomic E-state index is 0.324. The maximum Gasteiger partial charge on any atom is 0.119 e. The van der Waals surface area contributed by atoms with E-state index in [0.29, 0.717) is 12.1 Å². The maximum absolute atomic E-state index is 5.80. The van der Waals surface area contributed by atoms with Crippen LogP contribution < -0.4 is 16.0 Å². The van der Waals surface area contributed by atoms with E-state index in [-0.39, 0.29) is 0 Å². The highest BCUT2D eigenvalue weighted by molar-refractivity contribution is 5.31. The van der Waals surface area contributed by atoms with Crippen molar-refractivity contribution in [1.82, 2.24) is 5.43 Å². The summed E-state index contributed by atoms with van der Waals surface area (Å²) in [5.74, 6) is 9.39. The van der Waals surface area contributed by atoms with Crippen molar-refractivity contribution in [2.45, 2.75) is 44.2 Å². The molecule has 3 unspecified atom stereocenters. The minimum atomic E-state index is 0.324. The summed E-state index contributed by atoms with van der Waals surface area (Å²) in [6, 6.07) is 8.86. The third kappa shape index (κ3) is 2.15. The fraction of sp³-hybridized carbons (Fsp3) is 0.625. The van der Waals surface area contributed by atoms with E-state index in [1.54, 1.807) is 0 Å². The lowest BCUT2D eigenvalue weighted by molar-refractivity contribution is 0.303. The third-order valence-corrected chi connectivity index (χ3v) is 5.10. The van der Waals surface area contributed by atoms with Crippen LogP contribution in [-0.4, -0.2) is 6.10 Å². The molecule has 4 rings (SSSR count). The Kier molecular flexibility index (Phi) is 2.78. The average Bonchev–Trinajstić information content (AvgIpc) is 3.32. The Labute approximate surface area is 114 Å². The van der Waals surface area contributed by atoms with Gasteiger partial charge in [0.15, 0.2) is 0 Å². The molecule has 3 fully saturated rings. The van der Waals surface area contributed by atoms with Crippen molar-refractivity contribution in [2.75, 3.05) is 0 Å².